The molecule has 1 unspecified atom stereocenters. The summed E-state index contributed by atoms with van der Waals surface area (Å²) < 4.78 is 0. The highest BCUT2D eigenvalue weighted by Gasteiger charge is 2.11. The van der Waals surface area contributed by atoms with Crippen molar-refractivity contribution in [2.24, 2.45) is 5.92 Å². The summed E-state index contributed by atoms with van der Waals surface area (Å²) in [5.74, 6) is 3.68. The van der Waals surface area contributed by atoms with E-state index >= 15 is 0 Å². The molecule has 19 heavy (non-hydrogen) atoms. The number of hydrogen-bond acceptors (Lipinski definition) is 2. The van der Waals surface area contributed by atoms with Crippen molar-refractivity contribution in [3.05, 3.63) is 34.9 Å². The summed E-state index contributed by atoms with van der Waals surface area (Å²) in [4.78, 5) is 0. The molecule has 1 aromatic carbocycles. The van der Waals surface area contributed by atoms with E-state index in [0.717, 1.165) is 18.1 Å². The molecule has 1 nitrogen and oxygen atoms in total. The predicted molar refractivity (Wildman–Crippen MR) is 89.5 cm³/mol. The average molecular weight is 300 g/mol. The minimum Gasteiger partial charge on any atom is -0.316 e. The third-order valence-electron chi connectivity index (χ3n) is 3.08. The molecule has 0 aromatic heterocycles. The van der Waals surface area contributed by atoms with E-state index in [1.807, 2.05) is 17.8 Å². The molecule has 1 aromatic rings. The zero-order valence-electron chi connectivity index (χ0n) is 12.3. The van der Waals surface area contributed by atoms with Gasteiger partial charge in [0, 0.05) is 11.6 Å². The van der Waals surface area contributed by atoms with Gasteiger partial charge in [0.25, 0.3) is 0 Å². The third-order valence-corrected chi connectivity index (χ3v) is 4.25. The van der Waals surface area contributed by atoms with Crippen LogP contribution in [-0.2, 0) is 0 Å². The van der Waals surface area contributed by atoms with Crippen LogP contribution in [0, 0.1) is 5.92 Å². The Morgan fingerprint density at radius 1 is 1.26 bits per heavy atom. The van der Waals surface area contributed by atoms with Gasteiger partial charge < -0.3 is 5.32 Å². The Balaban J connectivity index is 2.57. The molecule has 0 aliphatic heterocycles. The van der Waals surface area contributed by atoms with Crippen molar-refractivity contribution >= 4 is 23.4 Å². The molecule has 1 rings (SSSR count). The predicted octanol–water partition coefficient (Wildman–Crippen LogP) is 4.81. The van der Waals surface area contributed by atoms with Crippen LogP contribution in [-0.4, -0.2) is 24.6 Å². The first-order chi connectivity index (χ1) is 9.13. The van der Waals surface area contributed by atoms with Crippen molar-refractivity contribution in [2.75, 3.05) is 24.6 Å². The van der Waals surface area contributed by atoms with E-state index in [2.05, 4.69) is 44.3 Å². The Bertz CT molecular complexity index is 354. The van der Waals surface area contributed by atoms with E-state index < -0.39 is 0 Å². The van der Waals surface area contributed by atoms with E-state index in [4.69, 9.17) is 11.6 Å². The van der Waals surface area contributed by atoms with Crippen molar-refractivity contribution in [3.8, 4) is 0 Å². The molecule has 0 heterocycles. The minimum absolute atomic E-state index is 0.566. The lowest BCUT2D eigenvalue weighted by Crippen LogP contribution is -2.25. The maximum absolute atomic E-state index is 6.11. The summed E-state index contributed by atoms with van der Waals surface area (Å²) in [6.07, 6.45) is 1.21. The lowest BCUT2D eigenvalue weighted by molar-refractivity contribution is 0.511. The van der Waals surface area contributed by atoms with E-state index in [9.17, 15) is 0 Å². The summed E-state index contributed by atoms with van der Waals surface area (Å²) in [5.41, 5.74) is 1.36. The number of halogens is 1. The van der Waals surface area contributed by atoms with Crippen LogP contribution in [0.3, 0.4) is 0 Å². The highest BCUT2D eigenvalue weighted by Crippen LogP contribution is 2.24. The standard InChI is InChI=1S/C16H26ClNS/c1-4-19-9-8-15(12-18-11-13(2)3)14-6-5-7-16(17)10-14/h5-7,10,13,15,18H,4,8-9,11-12H2,1-3H3. The summed E-state index contributed by atoms with van der Waals surface area (Å²) >= 11 is 8.12. The van der Waals surface area contributed by atoms with Crippen LogP contribution in [0.15, 0.2) is 24.3 Å². The van der Waals surface area contributed by atoms with Crippen molar-refractivity contribution < 1.29 is 0 Å². The zero-order chi connectivity index (χ0) is 14.1. The highest BCUT2D eigenvalue weighted by molar-refractivity contribution is 7.99. The monoisotopic (exact) mass is 299 g/mol. The van der Waals surface area contributed by atoms with Gasteiger partial charge in [0.1, 0.15) is 0 Å². The first kappa shape index (κ1) is 16.9. The molecule has 3 heteroatoms. The Hall–Kier alpha value is -0.180. The van der Waals surface area contributed by atoms with Gasteiger partial charge in [-0.1, -0.05) is 44.5 Å². The zero-order valence-corrected chi connectivity index (χ0v) is 13.9. The summed E-state index contributed by atoms with van der Waals surface area (Å²) in [6, 6.07) is 8.31. The fourth-order valence-corrected chi connectivity index (χ4v) is 3.00. The van der Waals surface area contributed by atoms with Gasteiger partial charge >= 0.3 is 0 Å². The third kappa shape index (κ3) is 7.24. The molecule has 0 bridgehead atoms. The van der Waals surface area contributed by atoms with Gasteiger partial charge in [-0.05, 0) is 54.0 Å². The number of hydrogen-bond donors (Lipinski definition) is 1. The van der Waals surface area contributed by atoms with Crippen molar-refractivity contribution in [3.63, 3.8) is 0 Å². The second-order valence-electron chi connectivity index (χ2n) is 5.29. The fraction of sp³-hybridized carbons (Fsp3) is 0.625. The Kier molecular flexibility index (Phi) is 8.60. The molecule has 1 N–H and O–H groups in total. The first-order valence-electron chi connectivity index (χ1n) is 7.17. The molecule has 0 aliphatic rings. The maximum atomic E-state index is 6.11. The molecule has 0 aliphatic carbocycles. The summed E-state index contributed by atoms with van der Waals surface area (Å²) in [5, 5.41) is 4.42. The number of nitrogens with one attached hydrogen (secondary N) is 1. The molecule has 0 radical (unpaired) electrons. The van der Waals surface area contributed by atoms with Gasteiger partial charge in [-0.25, -0.2) is 0 Å². The molecule has 0 saturated heterocycles. The van der Waals surface area contributed by atoms with Crippen LogP contribution in [0.5, 0.6) is 0 Å². The van der Waals surface area contributed by atoms with Gasteiger partial charge in [-0.3, -0.25) is 0 Å². The Morgan fingerprint density at radius 3 is 2.68 bits per heavy atom. The molecule has 1 atom stereocenters. The average Bonchev–Trinajstić information content (AvgIpc) is 2.37. The fourth-order valence-electron chi connectivity index (χ4n) is 2.06. The van der Waals surface area contributed by atoms with Gasteiger partial charge in [0.05, 0.1) is 0 Å². The molecule has 0 saturated carbocycles. The highest BCUT2D eigenvalue weighted by atomic mass is 35.5. The maximum Gasteiger partial charge on any atom is 0.0408 e. The second kappa shape index (κ2) is 9.68. The Labute approximate surface area is 127 Å². The number of benzene rings is 1. The molecular weight excluding hydrogens is 274 g/mol. The summed E-state index contributed by atoms with van der Waals surface area (Å²) in [6.45, 7) is 8.83. The van der Waals surface area contributed by atoms with Gasteiger partial charge in [0.15, 0.2) is 0 Å². The molecular formula is C16H26ClNS. The lowest BCUT2D eigenvalue weighted by atomic mass is 9.96. The smallest absolute Gasteiger partial charge is 0.0408 e. The number of rotatable bonds is 9. The first-order valence-corrected chi connectivity index (χ1v) is 8.70. The largest absolute Gasteiger partial charge is 0.316 e. The van der Waals surface area contributed by atoms with Crippen LogP contribution >= 0.6 is 23.4 Å². The normalized spacial score (nSPS) is 12.9. The van der Waals surface area contributed by atoms with E-state index in [-0.39, 0.29) is 0 Å². The van der Waals surface area contributed by atoms with E-state index in [1.165, 1.54) is 23.5 Å². The molecule has 108 valence electrons. The number of thioether (sulfide) groups is 1. The van der Waals surface area contributed by atoms with Gasteiger partial charge in [-0.15, -0.1) is 0 Å². The second-order valence-corrected chi connectivity index (χ2v) is 7.12. The van der Waals surface area contributed by atoms with Crippen molar-refractivity contribution in [1.29, 1.82) is 0 Å². The van der Waals surface area contributed by atoms with Crippen LogP contribution in [0.2, 0.25) is 5.02 Å². The Morgan fingerprint density at radius 2 is 2.05 bits per heavy atom. The van der Waals surface area contributed by atoms with Crippen LogP contribution in [0.4, 0.5) is 0 Å². The van der Waals surface area contributed by atoms with Crippen LogP contribution < -0.4 is 5.32 Å². The van der Waals surface area contributed by atoms with Crippen molar-refractivity contribution in [2.45, 2.75) is 33.1 Å². The van der Waals surface area contributed by atoms with Crippen LogP contribution in [0.25, 0.3) is 0 Å². The lowest BCUT2D eigenvalue weighted by Gasteiger charge is -2.19. The quantitative estimate of drug-likeness (QED) is 0.657. The van der Waals surface area contributed by atoms with Crippen molar-refractivity contribution in [1.82, 2.24) is 5.32 Å². The van der Waals surface area contributed by atoms with Gasteiger partial charge in [0.2, 0.25) is 0 Å². The van der Waals surface area contributed by atoms with Crippen LogP contribution in [0.1, 0.15) is 38.7 Å². The molecule has 0 spiro atoms. The minimum atomic E-state index is 0.566. The molecule has 0 amide bonds. The van der Waals surface area contributed by atoms with E-state index in [1.54, 1.807) is 0 Å². The SMILES string of the molecule is CCSCCC(CNCC(C)C)c1cccc(Cl)c1. The molecule has 0 fully saturated rings. The topological polar surface area (TPSA) is 12.0 Å². The summed E-state index contributed by atoms with van der Waals surface area (Å²) in [7, 11) is 0. The van der Waals surface area contributed by atoms with E-state index in [0.29, 0.717) is 11.8 Å². The van der Waals surface area contributed by atoms with Gasteiger partial charge in [-0.2, -0.15) is 11.8 Å².